The first-order chi connectivity index (χ1) is 15.7. The minimum absolute atomic E-state index is 0.0612. The summed E-state index contributed by atoms with van der Waals surface area (Å²) in [7, 11) is 0. The van der Waals surface area contributed by atoms with E-state index in [0.29, 0.717) is 6.54 Å². The third-order valence-electron chi connectivity index (χ3n) is 6.63. The van der Waals surface area contributed by atoms with E-state index in [0.717, 1.165) is 31.4 Å². The van der Waals surface area contributed by atoms with Crippen LogP contribution >= 0.6 is 23.4 Å². The largest absolute Gasteiger partial charge is 0.503 e. The van der Waals surface area contributed by atoms with E-state index in [2.05, 4.69) is 5.32 Å². The van der Waals surface area contributed by atoms with Crippen LogP contribution in [0.2, 0.25) is 5.02 Å². The van der Waals surface area contributed by atoms with Gasteiger partial charge in [-0.1, -0.05) is 24.6 Å². The molecule has 1 aromatic carbocycles. The van der Waals surface area contributed by atoms with Crippen molar-refractivity contribution in [3.63, 3.8) is 0 Å². The molecule has 2 fully saturated rings. The summed E-state index contributed by atoms with van der Waals surface area (Å²) in [5.41, 5.74) is -1.50. The predicted molar refractivity (Wildman–Crippen MR) is 119 cm³/mol. The number of hydrogen-bond acceptors (Lipinski definition) is 5. The van der Waals surface area contributed by atoms with E-state index in [-0.39, 0.29) is 34.7 Å². The molecule has 7 nitrogen and oxygen atoms in total. The molecule has 1 saturated heterocycles. The zero-order chi connectivity index (χ0) is 23.7. The fourth-order valence-corrected chi connectivity index (χ4v) is 7.25. The molecule has 174 valence electrons. The SMILES string of the molecule is C[C@H]1CN2C(=O)c3c(O)c(=O)c(C(=O)NCc4ccc(F)c(Cl)c4F)cn3[C@@H]3CCCC32S1. The number of aromatic hydroxyl groups is 1. The maximum absolute atomic E-state index is 14.2. The number of aromatic nitrogens is 1. The van der Waals surface area contributed by atoms with Crippen molar-refractivity contribution in [3.8, 4) is 5.75 Å². The van der Waals surface area contributed by atoms with Crippen molar-refractivity contribution in [1.29, 1.82) is 0 Å². The lowest BCUT2D eigenvalue weighted by molar-refractivity contribution is 0.0526. The van der Waals surface area contributed by atoms with E-state index in [9.17, 15) is 28.3 Å². The molecule has 0 bridgehead atoms. The van der Waals surface area contributed by atoms with Crippen molar-refractivity contribution < 1.29 is 23.5 Å². The van der Waals surface area contributed by atoms with Gasteiger partial charge in [0.2, 0.25) is 5.43 Å². The second kappa shape index (κ2) is 7.73. The molecular weight excluding hydrogens is 476 g/mol. The molecule has 1 unspecified atom stereocenters. The highest BCUT2D eigenvalue weighted by Crippen LogP contribution is 2.59. The lowest BCUT2D eigenvalue weighted by Crippen LogP contribution is -2.54. The molecule has 2 aromatic rings. The molecule has 3 heterocycles. The lowest BCUT2D eigenvalue weighted by Gasteiger charge is -2.45. The number of carbonyl (C=O) groups excluding carboxylic acids is 2. The number of pyridine rings is 1. The fourth-order valence-electron chi connectivity index (χ4n) is 5.21. The molecule has 3 atom stereocenters. The number of nitrogens with zero attached hydrogens (tertiary/aromatic N) is 2. The number of nitrogens with one attached hydrogen (secondary N) is 1. The maximum atomic E-state index is 14.2. The van der Waals surface area contributed by atoms with Crippen LogP contribution in [0.25, 0.3) is 0 Å². The van der Waals surface area contributed by atoms with Gasteiger partial charge in [0.15, 0.2) is 11.4 Å². The van der Waals surface area contributed by atoms with Crippen LogP contribution in [0, 0.1) is 11.6 Å². The minimum Gasteiger partial charge on any atom is -0.503 e. The summed E-state index contributed by atoms with van der Waals surface area (Å²) < 4.78 is 29.1. The van der Waals surface area contributed by atoms with Crippen LogP contribution < -0.4 is 10.7 Å². The molecule has 3 aliphatic rings. The molecule has 1 aliphatic carbocycles. The molecule has 1 spiro atoms. The quantitative estimate of drug-likeness (QED) is 0.637. The number of carbonyl (C=O) groups is 2. The number of amides is 2. The third kappa shape index (κ3) is 3.18. The Hall–Kier alpha value is -2.59. The average Bonchev–Trinajstić information content (AvgIpc) is 3.35. The van der Waals surface area contributed by atoms with E-state index in [1.54, 1.807) is 21.2 Å². The van der Waals surface area contributed by atoms with Crippen molar-refractivity contribution in [2.45, 2.75) is 48.9 Å². The van der Waals surface area contributed by atoms with E-state index >= 15 is 0 Å². The fraction of sp³-hybridized carbons (Fsp3) is 0.409. The van der Waals surface area contributed by atoms with Gasteiger partial charge < -0.3 is 19.9 Å². The summed E-state index contributed by atoms with van der Waals surface area (Å²) in [6.07, 6.45) is 3.71. The van der Waals surface area contributed by atoms with E-state index in [4.69, 9.17) is 11.6 Å². The first-order valence-corrected chi connectivity index (χ1v) is 11.8. The van der Waals surface area contributed by atoms with Gasteiger partial charge in [0.1, 0.15) is 27.1 Å². The monoisotopic (exact) mass is 495 g/mol. The van der Waals surface area contributed by atoms with Crippen LogP contribution in [0.5, 0.6) is 5.75 Å². The van der Waals surface area contributed by atoms with Gasteiger partial charge >= 0.3 is 0 Å². The standard InChI is InChI=1S/C22H20ClF2N3O4S/c1-10-8-28-21(32)17-19(30)18(29)12(9-27(17)14-3-2-6-22(14,28)33-10)20(31)26-7-11-4-5-13(24)15(23)16(11)25/h4-5,9-10,14,30H,2-3,6-8H2,1H3,(H,26,31)/t10-,14+,22?/m0/s1. The summed E-state index contributed by atoms with van der Waals surface area (Å²) in [6.45, 7) is 2.22. The van der Waals surface area contributed by atoms with Crippen LogP contribution in [-0.2, 0) is 6.54 Å². The zero-order valence-corrected chi connectivity index (χ0v) is 19.1. The number of halogens is 3. The van der Waals surface area contributed by atoms with Gasteiger partial charge in [-0.2, -0.15) is 0 Å². The molecule has 1 saturated carbocycles. The van der Waals surface area contributed by atoms with Crippen LogP contribution in [0.15, 0.2) is 23.1 Å². The van der Waals surface area contributed by atoms with Crippen LogP contribution in [-0.4, -0.2) is 43.1 Å². The van der Waals surface area contributed by atoms with Crippen molar-refractivity contribution in [2.75, 3.05) is 6.54 Å². The number of hydrogen-bond donors (Lipinski definition) is 2. The van der Waals surface area contributed by atoms with Gasteiger partial charge in [0.05, 0.1) is 6.04 Å². The Morgan fingerprint density at radius 1 is 1.36 bits per heavy atom. The summed E-state index contributed by atoms with van der Waals surface area (Å²) >= 11 is 7.28. The Morgan fingerprint density at radius 3 is 2.88 bits per heavy atom. The Bertz CT molecular complexity index is 1270. The van der Waals surface area contributed by atoms with Gasteiger partial charge in [-0.25, -0.2) is 8.78 Å². The lowest BCUT2D eigenvalue weighted by atomic mass is 10.0. The first-order valence-electron chi connectivity index (χ1n) is 10.5. The highest BCUT2D eigenvalue weighted by Gasteiger charge is 2.59. The molecule has 2 aliphatic heterocycles. The first kappa shape index (κ1) is 22.2. The summed E-state index contributed by atoms with van der Waals surface area (Å²) in [6, 6.07) is 1.93. The van der Waals surface area contributed by atoms with Crippen LogP contribution in [0.4, 0.5) is 8.78 Å². The predicted octanol–water partition coefficient (Wildman–Crippen LogP) is 3.43. The molecule has 2 N–H and O–H groups in total. The number of fused-ring (bicyclic) bond motifs is 2. The topological polar surface area (TPSA) is 91.6 Å². The Morgan fingerprint density at radius 2 is 2.12 bits per heavy atom. The molecule has 5 rings (SSSR count). The van der Waals surface area contributed by atoms with E-state index in [1.807, 2.05) is 6.92 Å². The van der Waals surface area contributed by atoms with Gasteiger partial charge in [-0.3, -0.25) is 14.4 Å². The molecule has 33 heavy (non-hydrogen) atoms. The van der Waals surface area contributed by atoms with Gasteiger partial charge in [-0.15, -0.1) is 11.8 Å². The maximum Gasteiger partial charge on any atom is 0.275 e. The Labute approximate surface area is 196 Å². The normalized spacial score (nSPS) is 25.6. The zero-order valence-electron chi connectivity index (χ0n) is 17.5. The molecule has 2 amide bonds. The van der Waals surface area contributed by atoms with Crippen molar-refractivity contribution >= 4 is 35.2 Å². The second-order valence-corrected chi connectivity index (χ2v) is 10.7. The molecule has 0 radical (unpaired) electrons. The third-order valence-corrected chi connectivity index (χ3v) is 8.63. The molecule has 1 aromatic heterocycles. The number of benzene rings is 1. The average molecular weight is 496 g/mol. The van der Waals surface area contributed by atoms with Crippen molar-refractivity contribution in [1.82, 2.24) is 14.8 Å². The van der Waals surface area contributed by atoms with Gasteiger partial charge in [0, 0.05) is 30.1 Å². The number of thioether (sulfide) groups is 1. The second-order valence-electron chi connectivity index (χ2n) is 8.59. The highest BCUT2D eigenvalue weighted by molar-refractivity contribution is 8.01. The van der Waals surface area contributed by atoms with Crippen LogP contribution in [0.1, 0.15) is 58.6 Å². The van der Waals surface area contributed by atoms with Gasteiger partial charge in [-0.05, 0) is 25.3 Å². The smallest absolute Gasteiger partial charge is 0.275 e. The molecular formula is C22H20ClF2N3O4S. The van der Waals surface area contributed by atoms with Crippen molar-refractivity contribution in [3.05, 3.63) is 62.0 Å². The summed E-state index contributed by atoms with van der Waals surface area (Å²) in [5.74, 6) is -3.97. The number of rotatable bonds is 3. The minimum atomic E-state index is -1.01. The summed E-state index contributed by atoms with van der Waals surface area (Å²) in [4.78, 5) is 40.2. The van der Waals surface area contributed by atoms with E-state index < -0.39 is 44.5 Å². The Balaban J connectivity index is 1.51. The van der Waals surface area contributed by atoms with Crippen LogP contribution in [0.3, 0.4) is 0 Å². The summed E-state index contributed by atoms with van der Waals surface area (Å²) in [5, 5.41) is 12.6. The Kier molecular flexibility index (Phi) is 5.20. The van der Waals surface area contributed by atoms with E-state index in [1.165, 1.54) is 6.20 Å². The van der Waals surface area contributed by atoms with Crippen molar-refractivity contribution in [2.24, 2.45) is 0 Å². The highest BCUT2D eigenvalue weighted by atomic mass is 35.5. The van der Waals surface area contributed by atoms with Gasteiger partial charge in [0.25, 0.3) is 11.8 Å². The molecule has 11 heteroatoms.